The van der Waals surface area contributed by atoms with Gasteiger partial charge in [-0.3, -0.25) is 9.59 Å². The van der Waals surface area contributed by atoms with Gasteiger partial charge in [0.05, 0.1) is 16.1 Å². The third-order valence-electron chi connectivity index (χ3n) is 5.41. The van der Waals surface area contributed by atoms with Gasteiger partial charge in [0.15, 0.2) is 0 Å². The molecule has 0 bridgehead atoms. The Bertz CT molecular complexity index is 1050. The van der Waals surface area contributed by atoms with E-state index in [0.717, 1.165) is 41.1 Å². The minimum atomic E-state index is 0.0256. The van der Waals surface area contributed by atoms with E-state index in [1.165, 1.54) is 11.3 Å². The molecule has 1 saturated heterocycles. The number of benzene rings is 1. The normalized spacial score (nSPS) is 14.7. The van der Waals surface area contributed by atoms with Gasteiger partial charge in [0.1, 0.15) is 0 Å². The third-order valence-corrected chi connectivity index (χ3v) is 6.27. The molecule has 0 unspecified atom stereocenters. The van der Waals surface area contributed by atoms with Gasteiger partial charge in [0, 0.05) is 50.7 Å². The maximum atomic E-state index is 12.9. The largest absolute Gasteiger partial charge is 0.367 e. The molecule has 7 heteroatoms. The fraction of sp³-hybridized carbons (Fsp3) is 0.364. The summed E-state index contributed by atoms with van der Waals surface area (Å²) < 4.78 is 1.86. The average Bonchev–Trinajstić information content (AvgIpc) is 3.27. The lowest BCUT2D eigenvalue weighted by Crippen LogP contribution is -2.49. The molecule has 1 fully saturated rings. The molecule has 4 rings (SSSR count). The number of likely N-dealkylation sites (N-methyl/N-ethyl adjacent to an activating group) is 1. The van der Waals surface area contributed by atoms with E-state index in [0.29, 0.717) is 19.6 Å². The van der Waals surface area contributed by atoms with Crippen LogP contribution >= 0.6 is 11.3 Å². The molecular formula is C22H26N4O2S. The molecule has 0 saturated carbocycles. The zero-order valence-electron chi connectivity index (χ0n) is 16.9. The number of aromatic nitrogens is 1. The lowest BCUT2D eigenvalue weighted by atomic mass is 10.1. The first-order valence-corrected chi connectivity index (χ1v) is 10.8. The van der Waals surface area contributed by atoms with E-state index >= 15 is 0 Å². The molecule has 29 heavy (non-hydrogen) atoms. The molecule has 0 aliphatic carbocycles. The lowest BCUT2D eigenvalue weighted by Gasteiger charge is -2.36. The van der Waals surface area contributed by atoms with Crippen LogP contribution in [0.25, 0.3) is 10.9 Å². The molecule has 0 N–H and O–H groups in total. The van der Waals surface area contributed by atoms with Gasteiger partial charge in [0.2, 0.25) is 0 Å². The summed E-state index contributed by atoms with van der Waals surface area (Å²) in [6.07, 6.45) is 0. The highest BCUT2D eigenvalue weighted by Gasteiger charge is 2.24. The quantitative estimate of drug-likeness (QED) is 0.649. The minimum Gasteiger partial charge on any atom is -0.367 e. The molecule has 0 radical (unpaired) electrons. The SMILES string of the molecule is CN(C)CCn1c(=O)cc(N2CCN(C(=O)c3cccs3)CC2)c2ccccc21. The number of piperazine rings is 1. The molecular weight excluding hydrogens is 384 g/mol. The highest BCUT2D eigenvalue weighted by Crippen LogP contribution is 2.26. The molecule has 152 valence electrons. The Balaban J connectivity index is 1.58. The summed E-state index contributed by atoms with van der Waals surface area (Å²) in [4.78, 5) is 32.5. The lowest BCUT2D eigenvalue weighted by molar-refractivity contribution is 0.0752. The molecule has 6 nitrogen and oxygen atoms in total. The summed E-state index contributed by atoms with van der Waals surface area (Å²) in [6.45, 7) is 4.25. The number of fused-ring (bicyclic) bond motifs is 1. The Labute approximate surface area is 174 Å². The van der Waals surface area contributed by atoms with Crippen molar-refractivity contribution in [1.29, 1.82) is 0 Å². The summed E-state index contributed by atoms with van der Waals surface area (Å²) >= 11 is 1.48. The molecule has 1 amide bonds. The van der Waals surface area contributed by atoms with Crippen LogP contribution in [0.5, 0.6) is 0 Å². The molecule has 0 spiro atoms. The van der Waals surface area contributed by atoms with Crippen molar-refractivity contribution in [2.45, 2.75) is 6.54 Å². The summed E-state index contributed by atoms with van der Waals surface area (Å²) in [6, 6.07) is 13.6. The molecule has 1 aliphatic rings. The second-order valence-corrected chi connectivity index (χ2v) is 8.54. The maximum Gasteiger partial charge on any atom is 0.264 e. The van der Waals surface area contributed by atoms with Crippen LogP contribution in [-0.2, 0) is 6.54 Å². The number of carbonyl (C=O) groups is 1. The van der Waals surface area contributed by atoms with Gasteiger partial charge in [-0.2, -0.15) is 0 Å². The van der Waals surface area contributed by atoms with E-state index in [4.69, 9.17) is 0 Å². The number of carbonyl (C=O) groups excluding carboxylic acids is 1. The number of hydrogen-bond acceptors (Lipinski definition) is 5. The van der Waals surface area contributed by atoms with E-state index in [-0.39, 0.29) is 11.5 Å². The van der Waals surface area contributed by atoms with Gasteiger partial charge >= 0.3 is 0 Å². The predicted molar refractivity (Wildman–Crippen MR) is 119 cm³/mol. The molecule has 2 aromatic heterocycles. The number of rotatable bonds is 5. The Morgan fingerprint density at radius 2 is 1.83 bits per heavy atom. The minimum absolute atomic E-state index is 0.0256. The first-order chi connectivity index (χ1) is 14.0. The number of nitrogens with zero attached hydrogens (tertiary/aromatic N) is 4. The van der Waals surface area contributed by atoms with E-state index in [9.17, 15) is 9.59 Å². The summed E-state index contributed by atoms with van der Waals surface area (Å²) in [5.74, 6) is 0.101. The third kappa shape index (κ3) is 4.06. The van der Waals surface area contributed by atoms with Crippen molar-refractivity contribution in [3.63, 3.8) is 0 Å². The van der Waals surface area contributed by atoms with Crippen molar-refractivity contribution in [2.75, 3.05) is 51.7 Å². The van der Waals surface area contributed by atoms with Crippen LogP contribution in [-0.4, -0.2) is 67.1 Å². The van der Waals surface area contributed by atoms with Gasteiger partial charge < -0.3 is 19.3 Å². The smallest absolute Gasteiger partial charge is 0.264 e. The molecule has 1 aliphatic heterocycles. The number of anilines is 1. The van der Waals surface area contributed by atoms with E-state index < -0.39 is 0 Å². The van der Waals surface area contributed by atoms with E-state index in [1.54, 1.807) is 6.07 Å². The van der Waals surface area contributed by atoms with Crippen molar-refractivity contribution >= 4 is 33.8 Å². The van der Waals surface area contributed by atoms with Crippen LogP contribution < -0.4 is 10.5 Å². The summed E-state index contributed by atoms with van der Waals surface area (Å²) in [7, 11) is 4.02. The zero-order chi connectivity index (χ0) is 20.4. The Morgan fingerprint density at radius 3 is 2.52 bits per heavy atom. The topological polar surface area (TPSA) is 48.8 Å². The predicted octanol–water partition coefficient (Wildman–Crippen LogP) is 2.59. The average molecular weight is 411 g/mol. The zero-order valence-corrected chi connectivity index (χ0v) is 17.7. The fourth-order valence-electron chi connectivity index (χ4n) is 3.82. The first kappa shape index (κ1) is 19.7. The molecule has 0 atom stereocenters. The summed E-state index contributed by atoms with van der Waals surface area (Å²) in [5, 5.41) is 3.02. The number of para-hydroxylation sites is 1. The molecule has 1 aromatic carbocycles. The Kier molecular flexibility index (Phi) is 5.69. The second kappa shape index (κ2) is 8.39. The van der Waals surface area contributed by atoms with Gasteiger partial charge in [-0.25, -0.2) is 0 Å². The van der Waals surface area contributed by atoms with Crippen molar-refractivity contribution in [1.82, 2.24) is 14.4 Å². The standard InChI is InChI=1S/C22H26N4O2S/c1-23(2)9-14-26-18-7-4-3-6-17(18)19(16-21(26)27)24-10-12-25(13-11-24)22(28)20-8-5-15-29-20/h3-8,15-16H,9-14H2,1-2H3. The van der Waals surface area contributed by atoms with Crippen LogP contribution in [0.1, 0.15) is 9.67 Å². The maximum absolute atomic E-state index is 12.9. The highest BCUT2D eigenvalue weighted by atomic mass is 32.1. The van der Waals surface area contributed by atoms with Crippen LogP contribution in [0.4, 0.5) is 5.69 Å². The fourth-order valence-corrected chi connectivity index (χ4v) is 4.51. The van der Waals surface area contributed by atoms with Crippen LogP contribution in [0, 0.1) is 0 Å². The van der Waals surface area contributed by atoms with Gasteiger partial charge in [-0.05, 0) is 31.6 Å². The van der Waals surface area contributed by atoms with Crippen molar-refractivity contribution < 1.29 is 4.79 Å². The Morgan fingerprint density at radius 1 is 1.07 bits per heavy atom. The van der Waals surface area contributed by atoms with Crippen molar-refractivity contribution in [3.05, 3.63) is 63.1 Å². The van der Waals surface area contributed by atoms with Gasteiger partial charge in [-0.15, -0.1) is 11.3 Å². The Hall–Kier alpha value is -2.64. The van der Waals surface area contributed by atoms with Crippen LogP contribution in [0.15, 0.2) is 52.6 Å². The van der Waals surface area contributed by atoms with E-state index in [2.05, 4.69) is 15.9 Å². The van der Waals surface area contributed by atoms with Crippen molar-refractivity contribution in [2.24, 2.45) is 0 Å². The van der Waals surface area contributed by atoms with Gasteiger partial charge in [-0.1, -0.05) is 24.3 Å². The number of amides is 1. The van der Waals surface area contributed by atoms with E-state index in [1.807, 2.05) is 59.3 Å². The summed E-state index contributed by atoms with van der Waals surface area (Å²) in [5.41, 5.74) is 1.96. The highest BCUT2D eigenvalue weighted by molar-refractivity contribution is 7.12. The van der Waals surface area contributed by atoms with Crippen LogP contribution in [0.2, 0.25) is 0 Å². The van der Waals surface area contributed by atoms with Crippen molar-refractivity contribution in [3.8, 4) is 0 Å². The first-order valence-electron chi connectivity index (χ1n) is 9.89. The monoisotopic (exact) mass is 410 g/mol. The van der Waals surface area contributed by atoms with Crippen LogP contribution in [0.3, 0.4) is 0 Å². The number of pyridine rings is 1. The second-order valence-electron chi connectivity index (χ2n) is 7.60. The molecule has 3 heterocycles. The van der Waals surface area contributed by atoms with Gasteiger partial charge in [0.25, 0.3) is 11.5 Å². The molecule has 3 aromatic rings. The number of thiophene rings is 1. The number of hydrogen-bond donors (Lipinski definition) is 0.